The zero-order valence-corrected chi connectivity index (χ0v) is 30.3. The average molecular weight is 617 g/mol. The van der Waals surface area contributed by atoms with Crippen molar-refractivity contribution in [3.8, 4) is 0 Å². The van der Waals surface area contributed by atoms with Crippen molar-refractivity contribution in [1.29, 1.82) is 0 Å². The van der Waals surface area contributed by atoms with Crippen molar-refractivity contribution in [2.24, 2.45) is 0 Å². The Labute approximate surface area is 277 Å². The number of rotatable bonds is 37. The Morgan fingerprint density at radius 1 is 0.386 bits per heavy atom. The highest BCUT2D eigenvalue weighted by Gasteiger charge is 2.02. The van der Waals surface area contributed by atoms with Crippen LogP contribution in [0.2, 0.25) is 0 Å². The maximum Gasteiger partial charge on any atom is 0.335 e. The first-order valence-electron chi connectivity index (χ1n) is 20.3. The second kappa shape index (κ2) is 38.1. The first kappa shape index (κ1) is 43.0. The third kappa shape index (κ3) is 35.4. The fraction of sp³-hybridized carbons (Fsp3) is 0.881. The van der Waals surface area contributed by atoms with E-state index in [4.69, 9.17) is 0 Å². The second-order valence-electron chi connectivity index (χ2n) is 13.9. The average Bonchev–Trinajstić information content (AvgIpc) is 3.02. The molecule has 0 aromatic rings. The van der Waals surface area contributed by atoms with Crippen LogP contribution in [-0.4, -0.2) is 11.1 Å². The molecule has 0 fully saturated rings. The van der Waals surface area contributed by atoms with Crippen LogP contribution in [0.5, 0.6) is 0 Å². The van der Waals surface area contributed by atoms with E-state index in [0.29, 0.717) is 5.57 Å². The second-order valence-corrected chi connectivity index (χ2v) is 13.9. The van der Waals surface area contributed by atoms with Crippen LogP contribution in [-0.2, 0) is 4.79 Å². The van der Waals surface area contributed by atoms with Gasteiger partial charge in [0.15, 0.2) is 0 Å². The Hall–Kier alpha value is -1.05. The van der Waals surface area contributed by atoms with Gasteiger partial charge < -0.3 is 5.11 Å². The summed E-state index contributed by atoms with van der Waals surface area (Å²) in [5.41, 5.74) is 0.484. The topological polar surface area (TPSA) is 37.3 Å². The van der Waals surface area contributed by atoms with Gasteiger partial charge in [-0.1, -0.05) is 231 Å². The molecule has 0 heterocycles. The summed E-state index contributed by atoms with van der Waals surface area (Å²) in [6.45, 7) is 4.58. The van der Waals surface area contributed by atoms with Crippen LogP contribution in [0, 0.1) is 0 Å². The van der Waals surface area contributed by atoms with Gasteiger partial charge in [-0.3, -0.25) is 0 Å². The van der Waals surface area contributed by atoms with E-state index in [1.165, 1.54) is 205 Å². The SMILES string of the molecule is CCCCCCCCCCCCCCCCCC/C=C/C(=C\CCCCCCCCCCCCCCCCCCC)C(=O)O. The van der Waals surface area contributed by atoms with Crippen LogP contribution in [0.1, 0.15) is 239 Å². The molecule has 0 unspecified atom stereocenters. The van der Waals surface area contributed by atoms with Gasteiger partial charge >= 0.3 is 5.97 Å². The Balaban J connectivity index is 3.50. The molecule has 0 aliphatic carbocycles. The van der Waals surface area contributed by atoms with Crippen molar-refractivity contribution in [2.75, 3.05) is 0 Å². The summed E-state index contributed by atoms with van der Waals surface area (Å²) >= 11 is 0. The molecule has 0 saturated carbocycles. The lowest BCUT2D eigenvalue weighted by atomic mass is 10.0. The molecule has 1 N–H and O–H groups in total. The Morgan fingerprint density at radius 2 is 0.636 bits per heavy atom. The normalized spacial score (nSPS) is 12.1. The van der Waals surface area contributed by atoms with E-state index in [0.717, 1.165) is 19.3 Å². The largest absolute Gasteiger partial charge is 0.478 e. The predicted molar refractivity (Wildman–Crippen MR) is 198 cm³/mol. The summed E-state index contributed by atoms with van der Waals surface area (Å²) in [5, 5.41) is 9.54. The quantitative estimate of drug-likeness (QED) is 0.0428. The predicted octanol–water partition coefficient (Wildman–Crippen LogP) is 15.2. The van der Waals surface area contributed by atoms with Gasteiger partial charge in [0.2, 0.25) is 0 Å². The Kier molecular flexibility index (Phi) is 37.2. The third-order valence-electron chi connectivity index (χ3n) is 9.44. The highest BCUT2D eigenvalue weighted by Crippen LogP contribution is 2.16. The number of carbonyl (C=O) groups is 1. The van der Waals surface area contributed by atoms with Gasteiger partial charge in [-0.15, -0.1) is 0 Å². The van der Waals surface area contributed by atoms with Crippen LogP contribution < -0.4 is 0 Å². The van der Waals surface area contributed by atoms with E-state index < -0.39 is 5.97 Å². The number of unbranched alkanes of at least 4 members (excludes halogenated alkanes) is 33. The van der Waals surface area contributed by atoms with Crippen molar-refractivity contribution in [3.05, 3.63) is 23.8 Å². The lowest BCUT2D eigenvalue weighted by Crippen LogP contribution is -1.97. The summed E-state index contributed by atoms with van der Waals surface area (Å²) in [6, 6.07) is 0. The molecular weight excluding hydrogens is 536 g/mol. The van der Waals surface area contributed by atoms with Crippen molar-refractivity contribution in [1.82, 2.24) is 0 Å². The molecule has 0 aromatic heterocycles. The fourth-order valence-corrected chi connectivity index (χ4v) is 6.37. The molecule has 0 aromatic carbocycles. The van der Waals surface area contributed by atoms with Gasteiger partial charge in [-0.25, -0.2) is 4.79 Å². The van der Waals surface area contributed by atoms with E-state index in [-0.39, 0.29) is 0 Å². The zero-order chi connectivity index (χ0) is 32.0. The number of hydrogen-bond donors (Lipinski definition) is 1. The van der Waals surface area contributed by atoms with Gasteiger partial charge in [-0.2, -0.15) is 0 Å². The van der Waals surface area contributed by atoms with Gasteiger partial charge in [-0.05, 0) is 25.7 Å². The van der Waals surface area contributed by atoms with Crippen LogP contribution in [0.15, 0.2) is 23.8 Å². The smallest absolute Gasteiger partial charge is 0.335 e. The minimum Gasteiger partial charge on any atom is -0.478 e. The molecule has 0 rings (SSSR count). The molecule has 0 bridgehead atoms. The van der Waals surface area contributed by atoms with Crippen LogP contribution in [0.4, 0.5) is 0 Å². The molecule has 2 heteroatoms. The summed E-state index contributed by atoms with van der Waals surface area (Å²) in [5.74, 6) is -0.778. The first-order valence-corrected chi connectivity index (χ1v) is 20.3. The van der Waals surface area contributed by atoms with E-state index in [1.807, 2.05) is 12.2 Å². The molecule has 0 spiro atoms. The number of carboxylic acids is 1. The monoisotopic (exact) mass is 617 g/mol. The number of hydrogen-bond acceptors (Lipinski definition) is 1. The molecule has 44 heavy (non-hydrogen) atoms. The third-order valence-corrected chi connectivity index (χ3v) is 9.44. The van der Waals surface area contributed by atoms with Gasteiger partial charge in [0, 0.05) is 0 Å². The number of carboxylic acid groups (broad SMARTS) is 1. The summed E-state index contributed by atoms with van der Waals surface area (Å²) in [4.78, 5) is 11.6. The van der Waals surface area contributed by atoms with Crippen LogP contribution in [0.25, 0.3) is 0 Å². The van der Waals surface area contributed by atoms with Crippen molar-refractivity contribution in [2.45, 2.75) is 239 Å². The van der Waals surface area contributed by atoms with E-state index >= 15 is 0 Å². The molecular formula is C42H80O2. The molecule has 0 aliphatic heterocycles. The minimum absolute atomic E-state index is 0.484. The van der Waals surface area contributed by atoms with Crippen molar-refractivity contribution >= 4 is 5.97 Å². The first-order chi connectivity index (χ1) is 21.7. The van der Waals surface area contributed by atoms with Crippen molar-refractivity contribution in [3.63, 3.8) is 0 Å². The summed E-state index contributed by atoms with van der Waals surface area (Å²) in [6.07, 6.45) is 53.4. The highest BCUT2D eigenvalue weighted by atomic mass is 16.4. The maximum absolute atomic E-state index is 11.6. The Morgan fingerprint density at radius 3 is 0.909 bits per heavy atom. The van der Waals surface area contributed by atoms with Gasteiger partial charge in [0.25, 0.3) is 0 Å². The van der Waals surface area contributed by atoms with Gasteiger partial charge in [0.1, 0.15) is 0 Å². The van der Waals surface area contributed by atoms with Crippen LogP contribution >= 0.6 is 0 Å². The lowest BCUT2D eigenvalue weighted by Gasteiger charge is -2.03. The van der Waals surface area contributed by atoms with Gasteiger partial charge in [0.05, 0.1) is 5.57 Å². The number of aliphatic carboxylic acids is 1. The maximum atomic E-state index is 11.6. The molecule has 0 amide bonds. The van der Waals surface area contributed by atoms with E-state index in [1.54, 1.807) is 0 Å². The van der Waals surface area contributed by atoms with Crippen LogP contribution in [0.3, 0.4) is 0 Å². The molecule has 260 valence electrons. The minimum atomic E-state index is -0.778. The lowest BCUT2D eigenvalue weighted by molar-refractivity contribution is -0.132. The summed E-state index contributed by atoms with van der Waals surface area (Å²) < 4.78 is 0. The number of allylic oxidation sites excluding steroid dienone is 2. The molecule has 0 radical (unpaired) electrons. The molecule has 0 aliphatic rings. The van der Waals surface area contributed by atoms with E-state index in [9.17, 15) is 9.90 Å². The van der Waals surface area contributed by atoms with Crippen molar-refractivity contribution < 1.29 is 9.90 Å². The standard InChI is InChI=1S/C42H80O2/c1-3-5-7-9-11-13-15-17-19-21-23-25-27-29-31-33-35-37-39-41(42(43)44)40-38-36-34-32-30-28-26-24-22-20-18-16-14-12-10-8-6-4-2/h37,39-40H,3-36,38H2,1-2H3,(H,43,44)/b39-37+,41-40+. The molecule has 0 saturated heterocycles. The fourth-order valence-electron chi connectivity index (χ4n) is 6.37. The van der Waals surface area contributed by atoms with E-state index in [2.05, 4.69) is 19.9 Å². The molecule has 2 nitrogen and oxygen atoms in total. The highest BCUT2D eigenvalue weighted by molar-refractivity contribution is 5.89. The zero-order valence-electron chi connectivity index (χ0n) is 30.3. The Bertz CT molecular complexity index is 619. The summed E-state index contributed by atoms with van der Waals surface area (Å²) in [7, 11) is 0. The molecule has 0 atom stereocenters.